The molecule has 1 nitrogen and oxygen atoms in total. The van der Waals surface area contributed by atoms with Gasteiger partial charge in [-0.3, -0.25) is 0 Å². The second-order valence-corrected chi connectivity index (χ2v) is 8.31. The number of nitrogens with two attached hydrogens (primary N) is 1. The molecule has 0 saturated carbocycles. The van der Waals surface area contributed by atoms with Gasteiger partial charge in [0.05, 0.1) is 0 Å². The van der Waals surface area contributed by atoms with E-state index in [0.717, 1.165) is 5.75 Å². The Labute approximate surface area is 178 Å². The Morgan fingerprint density at radius 3 is 1.26 bits per heavy atom. The Bertz CT molecular complexity index is 237. The molecule has 0 heterocycles. The molecule has 0 aromatic heterocycles. The molecule has 0 fully saturated rings. The minimum atomic E-state index is 0. The molecule has 1 radical (unpaired) electrons. The predicted octanol–water partition coefficient (Wildman–Crippen LogP) is 6.84. The van der Waals surface area contributed by atoms with Gasteiger partial charge in [-0.05, 0) is 6.42 Å². The molecule has 0 amide bonds. The smallest absolute Gasteiger partial charge is 0.131 e. The quantitative estimate of drug-likeness (QED) is 0.173. The zero-order chi connectivity index (χ0) is 16.3. The van der Waals surface area contributed by atoms with Crippen LogP contribution in [0.15, 0.2) is 0 Å². The molecule has 4 heteroatoms. The van der Waals surface area contributed by atoms with E-state index in [2.05, 4.69) is 6.92 Å². The molecule has 0 unspecified atom stereocenters. The van der Waals surface area contributed by atoms with Crippen molar-refractivity contribution in [1.29, 1.82) is 0 Å². The minimum Gasteiger partial charge on any atom is -0.385 e. The first kappa shape index (κ1) is 26.5. The van der Waals surface area contributed by atoms with E-state index < -0.39 is 0 Å². The summed E-state index contributed by atoms with van der Waals surface area (Å²) in [6.07, 6.45) is 22.7. The summed E-state index contributed by atoms with van der Waals surface area (Å²) < 4.78 is 0.598. The van der Waals surface area contributed by atoms with Crippen LogP contribution in [0, 0.1) is 0 Å². The van der Waals surface area contributed by atoms with Crippen LogP contribution in [0.25, 0.3) is 0 Å². The molecule has 0 aromatic rings. The summed E-state index contributed by atoms with van der Waals surface area (Å²) in [4.78, 5) is 0. The maximum atomic E-state index is 5.45. The molecular weight excluding hydrogens is 329 g/mol. The number of unbranched alkanes of at least 4 members (excludes halogenated alkanes) is 15. The maximum absolute atomic E-state index is 5.45. The second kappa shape index (κ2) is 23.2. The van der Waals surface area contributed by atoms with Gasteiger partial charge in [0.1, 0.15) is 4.32 Å². The first-order valence-electron chi connectivity index (χ1n) is 9.69. The molecule has 0 aliphatic carbocycles. The molecular formula is C19H39NNaS2. The van der Waals surface area contributed by atoms with Gasteiger partial charge in [0.2, 0.25) is 0 Å². The standard InChI is InChI=1S/C19H39NS2.Na/c1-2-3-4-5-6-7-8-9-10-11-12-13-14-15-16-17-18-22-19(20)21;/h2-18H2,1H3,(H2,20,21);. The topological polar surface area (TPSA) is 26.0 Å². The van der Waals surface area contributed by atoms with E-state index >= 15 is 0 Å². The van der Waals surface area contributed by atoms with Crippen LogP contribution >= 0.6 is 24.0 Å². The van der Waals surface area contributed by atoms with E-state index in [1.54, 1.807) is 11.8 Å². The van der Waals surface area contributed by atoms with Crippen LogP contribution in [0.4, 0.5) is 0 Å². The number of hydrogen-bond acceptors (Lipinski definition) is 2. The summed E-state index contributed by atoms with van der Waals surface area (Å²) in [5.41, 5.74) is 5.45. The molecule has 0 aromatic carbocycles. The fourth-order valence-corrected chi connectivity index (χ4v) is 3.62. The van der Waals surface area contributed by atoms with Crippen LogP contribution in [-0.2, 0) is 0 Å². The molecule has 133 valence electrons. The van der Waals surface area contributed by atoms with Crippen LogP contribution in [0.1, 0.15) is 110 Å². The van der Waals surface area contributed by atoms with Gasteiger partial charge in [-0.25, -0.2) is 0 Å². The fourth-order valence-electron chi connectivity index (χ4n) is 2.82. The SMILES string of the molecule is CCCCCCCCCCCCCCCCCCSC(N)=S.[Na]. The number of rotatable bonds is 17. The summed E-state index contributed by atoms with van der Waals surface area (Å²) in [6.45, 7) is 2.29. The Morgan fingerprint density at radius 2 is 0.957 bits per heavy atom. The van der Waals surface area contributed by atoms with Crippen molar-refractivity contribution in [1.82, 2.24) is 0 Å². The number of thiocarbonyl (C=S) groups is 1. The van der Waals surface area contributed by atoms with E-state index in [9.17, 15) is 0 Å². The van der Waals surface area contributed by atoms with Crippen LogP contribution in [0.3, 0.4) is 0 Å². The fraction of sp³-hybridized carbons (Fsp3) is 0.947. The zero-order valence-electron chi connectivity index (χ0n) is 15.9. The van der Waals surface area contributed by atoms with E-state index in [-0.39, 0.29) is 29.6 Å². The average Bonchev–Trinajstić information content (AvgIpc) is 2.50. The molecule has 0 aliphatic rings. The number of thioether (sulfide) groups is 1. The van der Waals surface area contributed by atoms with Crippen LogP contribution < -0.4 is 5.73 Å². The van der Waals surface area contributed by atoms with Crippen LogP contribution in [-0.4, -0.2) is 39.6 Å². The van der Waals surface area contributed by atoms with Gasteiger partial charge in [-0.2, -0.15) is 0 Å². The summed E-state index contributed by atoms with van der Waals surface area (Å²) in [5.74, 6) is 1.10. The second-order valence-electron chi connectivity index (χ2n) is 6.47. The Hall–Kier alpha value is 1.24. The monoisotopic (exact) mass is 368 g/mol. The predicted molar refractivity (Wildman–Crippen MR) is 115 cm³/mol. The molecule has 0 aliphatic heterocycles. The Kier molecular flexibility index (Phi) is 26.7. The Morgan fingerprint density at radius 1 is 0.652 bits per heavy atom. The minimum absolute atomic E-state index is 0. The molecule has 0 saturated heterocycles. The third-order valence-corrected chi connectivity index (χ3v) is 5.37. The van der Waals surface area contributed by atoms with Crippen molar-refractivity contribution >= 4 is 57.9 Å². The summed E-state index contributed by atoms with van der Waals surface area (Å²) >= 11 is 6.47. The molecule has 0 bridgehead atoms. The first-order valence-corrected chi connectivity index (χ1v) is 11.1. The third kappa shape index (κ3) is 25.6. The zero-order valence-corrected chi connectivity index (χ0v) is 19.5. The molecule has 0 rings (SSSR count). The largest absolute Gasteiger partial charge is 0.385 e. The number of hydrogen-bond donors (Lipinski definition) is 1. The van der Waals surface area contributed by atoms with Gasteiger partial charge in [0, 0.05) is 35.3 Å². The van der Waals surface area contributed by atoms with Crippen molar-refractivity contribution in [2.45, 2.75) is 110 Å². The average molecular weight is 369 g/mol. The van der Waals surface area contributed by atoms with Crippen molar-refractivity contribution in [2.24, 2.45) is 5.73 Å². The third-order valence-electron chi connectivity index (χ3n) is 4.24. The van der Waals surface area contributed by atoms with E-state index in [1.165, 1.54) is 103 Å². The Balaban J connectivity index is 0. The van der Waals surface area contributed by atoms with Gasteiger partial charge in [-0.1, -0.05) is 127 Å². The maximum Gasteiger partial charge on any atom is 0.131 e. The molecule has 2 N–H and O–H groups in total. The molecule has 23 heavy (non-hydrogen) atoms. The van der Waals surface area contributed by atoms with Crippen molar-refractivity contribution in [2.75, 3.05) is 5.75 Å². The normalized spacial score (nSPS) is 10.5. The van der Waals surface area contributed by atoms with Gasteiger partial charge < -0.3 is 5.73 Å². The van der Waals surface area contributed by atoms with E-state index in [0.29, 0.717) is 4.32 Å². The van der Waals surface area contributed by atoms with Gasteiger partial charge >= 0.3 is 0 Å². The van der Waals surface area contributed by atoms with Gasteiger partial charge in [0.25, 0.3) is 0 Å². The van der Waals surface area contributed by atoms with Crippen LogP contribution in [0.5, 0.6) is 0 Å². The van der Waals surface area contributed by atoms with Crippen molar-refractivity contribution in [3.63, 3.8) is 0 Å². The van der Waals surface area contributed by atoms with Gasteiger partial charge in [0.15, 0.2) is 0 Å². The molecule has 0 spiro atoms. The van der Waals surface area contributed by atoms with Gasteiger partial charge in [-0.15, -0.1) is 0 Å². The van der Waals surface area contributed by atoms with Crippen molar-refractivity contribution < 1.29 is 0 Å². The summed E-state index contributed by atoms with van der Waals surface area (Å²) in [5, 5.41) is 0. The van der Waals surface area contributed by atoms with E-state index in [1.807, 2.05) is 0 Å². The van der Waals surface area contributed by atoms with Crippen molar-refractivity contribution in [3.8, 4) is 0 Å². The van der Waals surface area contributed by atoms with E-state index in [4.69, 9.17) is 18.0 Å². The summed E-state index contributed by atoms with van der Waals surface area (Å²) in [7, 11) is 0. The van der Waals surface area contributed by atoms with Crippen LogP contribution in [0.2, 0.25) is 0 Å². The molecule has 0 atom stereocenters. The first-order chi connectivity index (χ1) is 10.8. The van der Waals surface area contributed by atoms with Crippen molar-refractivity contribution in [3.05, 3.63) is 0 Å². The summed E-state index contributed by atoms with van der Waals surface area (Å²) in [6, 6.07) is 0.